The third kappa shape index (κ3) is 3.02. The van der Waals surface area contributed by atoms with E-state index in [1.807, 2.05) is 0 Å². The molecule has 0 radical (unpaired) electrons. The number of aromatic amines is 1. The molecule has 1 saturated heterocycles. The molecule has 102 valence electrons. The van der Waals surface area contributed by atoms with Gasteiger partial charge in [0.2, 0.25) is 0 Å². The average Bonchev–Trinajstić information content (AvgIpc) is 2.78. The molecule has 1 unspecified atom stereocenters. The highest BCUT2D eigenvalue weighted by Crippen LogP contribution is 2.28. The lowest BCUT2D eigenvalue weighted by Gasteiger charge is -2.34. The Kier molecular flexibility index (Phi) is 3.91. The van der Waals surface area contributed by atoms with Crippen LogP contribution in [0.2, 0.25) is 0 Å². The van der Waals surface area contributed by atoms with Crippen molar-refractivity contribution in [1.29, 1.82) is 0 Å². The lowest BCUT2D eigenvalue weighted by Crippen LogP contribution is -2.43. The van der Waals surface area contributed by atoms with Crippen molar-refractivity contribution in [3.05, 3.63) is 17.5 Å². The van der Waals surface area contributed by atoms with E-state index in [0.717, 1.165) is 31.9 Å². The van der Waals surface area contributed by atoms with Gasteiger partial charge in [-0.2, -0.15) is 18.3 Å². The molecule has 0 aromatic carbocycles. The molecule has 2 rings (SSSR count). The second-order valence-electron chi connectivity index (χ2n) is 4.63. The number of nitrogens with zero attached hydrogens (tertiary/aromatic N) is 2. The normalized spacial score (nSPS) is 22.3. The van der Waals surface area contributed by atoms with Gasteiger partial charge in [0.15, 0.2) is 5.69 Å². The van der Waals surface area contributed by atoms with Gasteiger partial charge in [-0.3, -0.25) is 10.00 Å². The molecule has 0 amide bonds. The molecule has 4 nitrogen and oxygen atoms in total. The molecule has 0 spiro atoms. The molecule has 0 aliphatic carbocycles. The first-order chi connectivity index (χ1) is 8.50. The third-order valence-corrected chi connectivity index (χ3v) is 3.32. The number of H-pyrrole nitrogens is 1. The van der Waals surface area contributed by atoms with Gasteiger partial charge in [-0.1, -0.05) is 6.42 Å². The van der Waals surface area contributed by atoms with Crippen molar-refractivity contribution in [1.82, 2.24) is 15.1 Å². The Morgan fingerprint density at radius 1 is 1.44 bits per heavy atom. The maximum atomic E-state index is 12.4. The Morgan fingerprint density at radius 3 is 2.83 bits per heavy atom. The Balaban J connectivity index is 2.02. The molecule has 0 saturated carbocycles. The van der Waals surface area contributed by atoms with Crippen molar-refractivity contribution in [3.8, 4) is 0 Å². The van der Waals surface area contributed by atoms with Crippen LogP contribution in [-0.2, 0) is 12.7 Å². The van der Waals surface area contributed by atoms with Gasteiger partial charge in [0.25, 0.3) is 0 Å². The first kappa shape index (κ1) is 13.4. The van der Waals surface area contributed by atoms with Crippen LogP contribution >= 0.6 is 0 Å². The van der Waals surface area contributed by atoms with E-state index in [1.54, 1.807) is 0 Å². The quantitative estimate of drug-likeness (QED) is 0.872. The Hall–Kier alpha value is -1.08. The minimum absolute atomic E-state index is 0.261. The summed E-state index contributed by atoms with van der Waals surface area (Å²) in [6, 6.07) is 1.33. The summed E-state index contributed by atoms with van der Waals surface area (Å²) in [4.78, 5) is 2.12. The van der Waals surface area contributed by atoms with Crippen molar-refractivity contribution in [2.24, 2.45) is 5.73 Å². The zero-order chi connectivity index (χ0) is 13.2. The molecular weight excluding hydrogens is 245 g/mol. The van der Waals surface area contributed by atoms with E-state index >= 15 is 0 Å². The van der Waals surface area contributed by atoms with E-state index in [0.29, 0.717) is 18.8 Å². The van der Waals surface area contributed by atoms with Gasteiger partial charge in [-0.05, 0) is 25.5 Å². The molecule has 7 heteroatoms. The first-order valence-corrected chi connectivity index (χ1v) is 6.06. The number of nitrogens with two attached hydrogens (primary N) is 1. The number of alkyl halides is 3. The van der Waals surface area contributed by atoms with Crippen LogP contribution < -0.4 is 5.73 Å². The van der Waals surface area contributed by atoms with E-state index in [9.17, 15) is 13.2 Å². The number of nitrogens with one attached hydrogen (secondary N) is 1. The Labute approximate surface area is 103 Å². The van der Waals surface area contributed by atoms with E-state index in [-0.39, 0.29) is 6.04 Å². The Morgan fingerprint density at radius 2 is 2.22 bits per heavy atom. The minimum atomic E-state index is -4.39. The summed E-state index contributed by atoms with van der Waals surface area (Å²) in [6.07, 6.45) is -1.17. The average molecular weight is 262 g/mol. The fraction of sp³-hybridized carbons (Fsp3) is 0.727. The van der Waals surface area contributed by atoms with Crippen LogP contribution in [0.5, 0.6) is 0 Å². The lowest BCUT2D eigenvalue weighted by atomic mass is 10.0. The number of piperidine rings is 1. The summed E-state index contributed by atoms with van der Waals surface area (Å²) in [5.74, 6) is 0. The summed E-state index contributed by atoms with van der Waals surface area (Å²) >= 11 is 0. The maximum Gasteiger partial charge on any atom is 0.435 e. The van der Waals surface area contributed by atoms with Crippen molar-refractivity contribution < 1.29 is 13.2 Å². The van der Waals surface area contributed by atoms with Crippen LogP contribution in [0, 0.1) is 0 Å². The Bertz CT molecular complexity index is 388. The molecular formula is C11H17F3N4. The number of aromatic nitrogens is 2. The van der Waals surface area contributed by atoms with Crippen molar-refractivity contribution in [2.75, 3.05) is 13.1 Å². The van der Waals surface area contributed by atoms with Crippen LogP contribution in [0.4, 0.5) is 13.2 Å². The number of halogens is 3. The van der Waals surface area contributed by atoms with Gasteiger partial charge in [0, 0.05) is 24.8 Å². The fourth-order valence-corrected chi connectivity index (χ4v) is 2.34. The van der Waals surface area contributed by atoms with Crippen molar-refractivity contribution in [2.45, 2.75) is 38.0 Å². The van der Waals surface area contributed by atoms with E-state index < -0.39 is 11.9 Å². The minimum Gasteiger partial charge on any atom is -0.329 e. The van der Waals surface area contributed by atoms with E-state index in [1.165, 1.54) is 0 Å². The number of likely N-dealkylation sites (tertiary alicyclic amines) is 1. The first-order valence-electron chi connectivity index (χ1n) is 6.06. The third-order valence-electron chi connectivity index (χ3n) is 3.32. The number of rotatable bonds is 3. The zero-order valence-electron chi connectivity index (χ0n) is 10.0. The summed E-state index contributed by atoms with van der Waals surface area (Å²) in [6.45, 7) is 1.87. The standard InChI is InChI=1S/C11H17F3N4/c12-11(13,14)10-5-8(16-17-10)7-18-4-2-1-3-9(18)6-15/h5,9H,1-4,6-7,15H2,(H,16,17). The van der Waals surface area contributed by atoms with Gasteiger partial charge >= 0.3 is 6.18 Å². The van der Waals surface area contributed by atoms with Crippen LogP contribution in [0.1, 0.15) is 30.7 Å². The smallest absolute Gasteiger partial charge is 0.329 e. The van der Waals surface area contributed by atoms with Gasteiger partial charge < -0.3 is 5.73 Å². The second kappa shape index (κ2) is 5.27. The largest absolute Gasteiger partial charge is 0.435 e. The highest BCUT2D eigenvalue weighted by molar-refractivity contribution is 5.11. The summed E-state index contributed by atoms with van der Waals surface area (Å²) in [5.41, 5.74) is 5.30. The summed E-state index contributed by atoms with van der Waals surface area (Å²) in [5, 5.41) is 5.75. The van der Waals surface area contributed by atoms with Gasteiger partial charge in [0.1, 0.15) is 0 Å². The van der Waals surface area contributed by atoms with Crippen molar-refractivity contribution in [3.63, 3.8) is 0 Å². The van der Waals surface area contributed by atoms with Crippen LogP contribution in [0.25, 0.3) is 0 Å². The topological polar surface area (TPSA) is 57.9 Å². The maximum absolute atomic E-state index is 12.4. The molecule has 3 N–H and O–H groups in total. The molecule has 1 fully saturated rings. The van der Waals surface area contributed by atoms with Crippen LogP contribution in [-0.4, -0.2) is 34.2 Å². The highest BCUT2D eigenvalue weighted by atomic mass is 19.4. The van der Waals surface area contributed by atoms with Gasteiger partial charge in [-0.15, -0.1) is 0 Å². The lowest BCUT2D eigenvalue weighted by molar-refractivity contribution is -0.141. The van der Waals surface area contributed by atoms with Crippen LogP contribution in [0.3, 0.4) is 0 Å². The van der Waals surface area contributed by atoms with E-state index in [2.05, 4.69) is 15.1 Å². The summed E-state index contributed by atoms with van der Waals surface area (Å²) < 4.78 is 37.2. The second-order valence-corrected chi connectivity index (χ2v) is 4.63. The van der Waals surface area contributed by atoms with Crippen molar-refractivity contribution >= 4 is 0 Å². The molecule has 1 aliphatic rings. The monoisotopic (exact) mass is 262 g/mol. The molecule has 2 heterocycles. The number of hydrogen-bond acceptors (Lipinski definition) is 3. The molecule has 0 bridgehead atoms. The van der Waals surface area contributed by atoms with Crippen LogP contribution in [0.15, 0.2) is 6.07 Å². The summed E-state index contributed by atoms with van der Waals surface area (Å²) in [7, 11) is 0. The molecule has 1 aromatic rings. The number of hydrogen-bond donors (Lipinski definition) is 2. The fourth-order valence-electron chi connectivity index (χ4n) is 2.34. The molecule has 1 aromatic heterocycles. The highest BCUT2D eigenvalue weighted by Gasteiger charge is 2.34. The molecule has 18 heavy (non-hydrogen) atoms. The zero-order valence-corrected chi connectivity index (χ0v) is 10.0. The van der Waals surface area contributed by atoms with Gasteiger partial charge in [0.05, 0.1) is 0 Å². The molecule has 1 aliphatic heterocycles. The molecule has 1 atom stereocenters. The van der Waals surface area contributed by atoms with E-state index in [4.69, 9.17) is 5.73 Å². The van der Waals surface area contributed by atoms with Gasteiger partial charge in [-0.25, -0.2) is 0 Å². The SMILES string of the molecule is NCC1CCCCN1Cc1cc(C(F)(F)F)n[nH]1. The predicted octanol–water partition coefficient (Wildman–Crippen LogP) is 1.74. The predicted molar refractivity (Wildman–Crippen MR) is 60.7 cm³/mol.